The molecule has 1 N–H and O–H groups in total. The minimum absolute atomic E-state index is 0.0461. The van der Waals surface area contributed by atoms with Gasteiger partial charge >= 0.3 is 6.18 Å². The summed E-state index contributed by atoms with van der Waals surface area (Å²) < 4.78 is 67.1. The Morgan fingerprint density at radius 2 is 2.06 bits per heavy atom. The van der Waals surface area contributed by atoms with Gasteiger partial charge in [0, 0.05) is 25.2 Å². The zero-order valence-electron chi connectivity index (χ0n) is 18.5. The fourth-order valence-electron chi connectivity index (χ4n) is 4.42. The van der Waals surface area contributed by atoms with Crippen molar-refractivity contribution in [3.8, 4) is 5.75 Å². The van der Waals surface area contributed by atoms with Crippen molar-refractivity contribution >= 4 is 5.91 Å². The molecule has 3 aliphatic rings. The summed E-state index contributed by atoms with van der Waals surface area (Å²) in [6.45, 7) is 3.31. The van der Waals surface area contributed by atoms with E-state index in [4.69, 9.17) is 9.47 Å². The molecule has 0 saturated heterocycles. The van der Waals surface area contributed by atoms with Crippen LogP contribution in [0.5, 0.6) is 5.75 Å². The number of rotatable bonds is 6. The van der Waals surface area contributed by atoms with E-state index in [1.165, 1.54) is 6.42 Å². The summed E-state index contributed by atoms with van der Waals surface area (Å²) in [5.74, 6) is -0.543. The van der Waals surface area contributed by atoms with Crippen LogP contribution in [0.2, 0.25) is 0 Å². The molecule has 2 aliphatic heterocycles. The van der Waals surface area contributed by atoms with E-state index in [9.17, 15) is 18.0 Å². The molecule has 7 nitrogen and oxygen atoms in total. The lowest BCUT2D eigenvalue weighted by Gasteiger charge is -2.30. The van der Waals surface area contributed by atoms with Crippen molar-refractivity contribution in [1.82, 2.24) is 20.0 Å². The van der Waals surface area contributed by atoms with Crippen LogP contribution >= 0.6 is 0 Å². The van der Waals surface area contributed by atoms with Gasteiger partial charge in [-0.05, 0) is 43.5 Å². The molecule has 1 amide bonds. The van der Waals surface area contributed by atoms with Gasteiger partial charge in [0.2, 0.25) is 0 Å². The van der Waals surface area contributed by atoms with Gasteiger partial charge in [0.15, 0.2) is 11.9 Å². The van der Waals surface area contributed by atoms with E-state index in [-0.39, 0.29) is 23.6 Å². The number of amides is 1. The standard InChI is InChI=1S/C23H26F4N4O3/c24-21-17-10-14(23(25,26)27)4-5-20(17)34-13-19(21)28-22(32)18-11-15-12-30(6-7-31(15)29-18)8-9-33-16-2-1-3-16/h4-5,10-11,16,19,21H,1-3,6-9,12-13H2,(H,28,32)/t19-,21?/m0/s1. The molecule has 2 aromatic rings. The van der Waals surface area contributed by atoms with Gasteiger partial charge in [-0.25, -0.2) is 4.39 Å². The van der Waals surface area contributed by atoms with Crippen LogP contribution in [-0.4, -0.2) is 59.0 Å². The quantitative estimate of drug-likeness (QED) is 0.639. The number of carbonyl (C=O) groups is 1. The lowest BCUT2D eigenvalue weighted by molar-refractivity contribution is -0.137. The average Bonchev–Trinajstić information content (AvgIpc) is 3.20. The van der Waals surface area contributed by atoms with Gasteiger partial charge in [-0.1, -0.05) is 0 Å². The molecule has 0 spiro atoms. The van der Waals surface area contributed by atoms with Crippen molar-refractivity contribution in [3.63, 3.8) is 0 Å². The Kier molecular flexibility index (Phi) is 6.24. The van der Waals surface area contributed by atoms with Crippen LogP contribution < -0.4 is 10.1 Å². The Labute approximate surface area is 194 Å². The van der Waals surface area contributed by atoms with Crippen molar-refractivity contribution in [2.45, 2.75) is 56.8 Å². The summed E-state index contributed by atoms with van der Waals surface area (Å²) in [6, 6.07) is 3.23. The summed E-state index contributed by atoms with van der Waals surface area (Å²) in [5.41, 5.74) is -0.175. The van der Waals surface area contributed by atoms with Crippen molar-refractivity contribution in [3.05, 3.63) is 46.8 Å². The summed E-state index contributed by atoms with van der Waals surface area (Å²) in [6.07, 6.45) is -2.55. The molecule has 2 atom stereocenters. The largest absolute Gasteiger partial charge is 0.491 e. The number of nitrogens with zero attached hydrogens (tertiary/aromatic N) is 3. The summed E-state index contributed by atoms with van der Waals surface area (Å²) in [7, 11) is 0. The second kappa shape index (κ2) is 9.18. The van der Waals surface area contributed by atoms with Crippen LogP contribution in [0.3, 0.4) is 0 Å². The maximum absolute atomic E-state index is 15.1. The highest BCUT2D eigenvalue weighted by atomic mass is 19.4. The van der Waals surface area contributed by atoms with Gasteiger partial charge in [-0.15, -0.1) is 0 Å². The van der Waals surface area contributed by atoms with E-state index in [0.29, 0.717) is 25.8 Å². The van der Waals surface area contributed by atoms with Gasteiger partial charge < -0.3 is 14.8 Å². The van der Waals surface area contributed by atoms with E-state index in [1.807, 2.05) is 0 Å². The number of halogens is 4. The maximum Gasteiger partial charge on any atom is 0.416 e. The van der Waals surface area contributed by atoms with Crippen molar-refractivity contribution in [2.75, 3.05) is 26.3 Å². The van der Waals surface area contributed by atoms with Crippen LogP contribution in [0.1, 0.15) is 52.7 Å². The third kappa shape index (κ3) is 4.76. The van der Waals surface area contributed by atoms with Gasteiger partial charge in [0.1, 0.15) is 12.4 Å². The SMILES string of the molecule is O=C(N[C@H]1COc2ccc(C(F)(F)F)cc2C1F)c1cc2n(n1)CCN(CCOC1CCC1)C2. The zero-order chi connectivity index (χ0) is 23.9. The molecule has 5 rings (SSSR count). The second-order valence-corrected chi connectivity index (χ2v) is 8.99. The highest BCUT2D eigenvalue weighted by molar-refractivity contribution is 5.92. The number of aromatic nitrogens is 2. The van der Waals surface area contributed by atoms with Crippen LogP contribution in [0.4, 0.5) is 17.6 Å². The molecule has 184 valence electrons. The van der Waals surface area contributed by atoms with E-state index < -0.39 is 29.9 Å². The van der Waals surface area contributed by atoms with Crippen molar-refractivity contribution in [2.24, 2.45) is 0 Å². The van der Waals surface area contributed by atoms with E-state index >= 15 is 4.39 Å². The first-order valence-electron chi connectivity index (χ1n) is 11.5. The lowest BCUT2D eigenvalue weighted by Crippen LogP contribution is -2.44. The number of fused-ring (bicyclic) bond motifs is 2. The molecule has 1 fully saturated rings. The highest BCUT2D eigenvalue weighted by Gasteiger charge is 2.37. The molecule has 11 heteroatoms. The Bertz CT molecular complexity index is 1050. The summed E-state index contributed by atoms with van der Waals surface area (Å²) in [4.78, 5) is 15.0. The Balaban J connectivity index is 1.20. The van der Waals surface area contributed by atoms with Gasteiger partial charge in [0.05, 0.1) is 36.6 Å². The van der Waals surface area contributed by atoms with Gasteiger partial charge in [0.25, 0.3) is 5.91 Å². The summed E-state index contributed by atoms with van der Waals surface area (Å²) in [5, 5.41) is 6.87. The van der Waals surface area contributed by atoms with Crippen molar-refractivity contribution < 1.29 is 31.8 Å². The van der Waals surface area contributed by atoms with E-state index in [1.54, 1.807) is 10.7 Å². The zero-order valence-corrected chi connectivity index (χ0v) is 18.5. The van der Waals surface area contributed by atoms with E-state index in [0.717, 1.165) is 49.8 Å². The number of carbonyl (C=O) groups excluding carboxylic acids is 1. The minimum Gasteiger partial charge on any atom is -0.491 e. The summed E-state index contributed by atoms with van der Waals surface area (Å²) >= 11 is 0. The predicted molar refractivity (Wildman–Crippen MR) is 113 cm³/mol. The smallest absolute Gasteiger partial charge is 0.416 e. The number of benzene rings is 1. The van der Waals surface area contributed by atoms with Crippen molar-refractivity contribution in [1.29, 1.82) is 0 Å². The molecule has 1 saturated carbocycles. The molecular formula is C23H26F4N4O3. The minimum atomic E-state index is -4.60. The third-order valence-electron chi connectivity index (χ3n) is 6.65. The molecule has 1 unspecified atom stereocenters. The second-order valence-electron chi connectivity index (χ2n) is 8.99. The fraction of sp³-hybridized carbons (Fsp3) is 0.565. The highest BCUT2D eigenvalue weighted by Crippen LogP contribution is 2.39. The normalized spacial score (nSPS) is 22.9. The van der Waals surface area contributed by atoms with Crippen LogP contribution in [0.15, 0.2) is 24.3 Å². The Morgan fingerprint density at radius 1 is 1.24 bits per heavy atom. The number of nitrogens with one attached hydrogen (secondary N) is 1. The lowest BCUT2D eigenvalue weighted by atomic mass is 9.96. The first-order valence-corrected chi connectivity index (χ1v) is 11.5. The topological polar surface area (TPSA) is 68.6 Å². The number of hydrogen-bond donors (Lipinski definition) is 1. The maximum atomic E-state index is 15.1. The molecule has 3 heterocycles. The number of hydrogen-bond acceptors (Lipinski definition) is 5. The fourth-order valence-corrected chi connectivity index (χ4v) is 4.42. The van der Waals surface area contributed by atoms with Crippen LogP contribution in [0.25, 0.3) is 0 Å². The van der Waals surface area contributed by atoms with Crippen LogP contribution in [-0.2, 0) is 24.0 Å². The van der Waals surface area contributed by atoms with Gasteiger partial charge in [-0.2, -0.15) is 18.3 Å². The monoisotopic (exact) mass is 482 g/mol. The molecule has 34 heavy (non-hydrogen) atoms. The predicted octanol–water partition coefficient (Wildman–Crippen LogP) is 3.49. The van der Waals surface area contributed by atoms with E-state index in [2.05, 4.69) is 15.3 Å². The molecule has 0 radical (unpaired) electrons. The Morgan fingerprint density at radius 3 is 2.79 bits per heavy atom. The first-order chi connectivity index (χ1) is 16.3. The third-order valence-corrected chi connectivity index (χ3v) is 6.65. The van der Waals surface area contributed by atoms with Crippen LogP contribution in [0, 0.1) is 0 Å². The molecule has 1 aliphatic carbocycles. The number of ether oxygens (including phenoxy) is 2. The Hall–Kier alpha value is -2.66. The average molecular weight is 482 g/mol. The molecule has 1 aromatic carbocycles. The first kappa shape index (κ1) is 23.1. The number of alkyl halides is 4. The molecular weight excluding hydrogens is 456 g/mol. The van der Waals surface area contributed by atoms with Gasteiger partial charge in [-0.3, -0.25) is 14.4 Å². The molecule has 0 bridgehead atoms. The molecule has 1 aromatic heterocycles.